The summed E-state index contributed by atoms with van der Waals surface area (Å²) in [7, 11) is 0. The third kappa shape index (κ3) is 14.2. The lowest BCUT2D eigenvalue weighted by molar-refractivity contribution is -0.117. The molecule has 2 amide bonds. The molecule has 2 atom stereocenters. The molecule has 0 spiro atoms. The van der Waals surface area contributed by atoms with Crippen molar-refractivity contribution in [2.24, 2.45) is 0 Å². The van der Waals surface area contributed by atoms with E-state index >= 15 is 0 Å². The van der Waals surface area contributed by atoms with E-state index in [1.54, 1.807) is 6.92 Å². The summed E-state index contributed by atoms with van der Waals surface area (Å²) >= 11 is 1.89. The van der Waals surface area contributed by atoms with Gasteiger partial charge in [-0.2, -0.15) is 11.8 Å². The zero-order valence-electron chi connectivity index (χ0n) is 15.9. The number of nitrogens with one attached hydrogen (secondary N) is 2. The highest BCUT2D eigenvalue weighted by molar-refractivity contribution is 7.99. The standard InChI is InChI=1S/C6H12O.C5H8N2OS.3C2H6/c1-3-4-5-6(2)7;8-5-6-3-1-9-2-4(3)7-5;3*1-2/h3-5H2,1-2H3;3-4H,1-2H2,(H2,6,7,8);3*1-2H3. The highest BCUT2D eigenvalue weighted by atomic mass is 32.2. The molecule has 0 aliphatic carbocycles. The highest BCUT2D eigenvalue weighted by Crippen LogP contribution is 2.20. The lowest BCUT2D eigenvalue weighted by Gasteiger charge is -2.02. The van der Waals surface area contributed by atoms with Gasteiger partial charge in [-0.15, -0.1) is 0 Å². The van der Waals surface area contributed by atoms with Gasteiger partial charge in [0.05, 0.1) is 12.1 Å². The van der Waals surface area contributed by atoms with E-state index in [0.717, 1.165) is 30.8 Å². The molecule has 2 heterocycles. The van der Waals surface area contributed by atoms with Gasteiger partial charge in [0.2, 0.25) is 0 Å². The van der Waals surface area contributed by atoms with Crippen molar-refractivity contribution < 1.29 is 9.59 Å². The lowest BCUT2D eigenvalue weighted by Crippen LogP contribution is -2.31. The number of fused-ring (bicyclic) bond motifs is 1. The van der Waals surface area contributed by atoms with Gasteiger partial charge in [-0.1, -0.05) is 54.9 Å². The molecule has 0 aromatic rings. The minimum Gasteiger partial charge on any atom is -0.332 e. The first kappa shape index (κ1) is 26.2. The molecule has 0 bridgehead atoms. The number of carbonyl (C=O) groups excluding carboxylic acids is 2. The molecule has 2 N–H and O–H groups in total. The number of ketones is 1. The molecule has 0 radical (unpaired) electrons. The Morgan fingerprint density at radius 3 is 1.73 bits per heavy atom. The molecular weight excluding hydrogens is 296 g/mol. The number of amides is 2. The molecule has 22 heavy (non-hydrogen) atoms. The number of carbonyl (C=O) groups is 2. The van der Waals surface area contributed by atoms with E-state index in [1.165, 1.54) is 0 Å². The maximum absolute atomic E-state index is 10.6. The summed E-state index contributed by atoms with van der Waals surface area (Å²) in [5, 5.41) is 5.69. The van der Waals surface area contributed by atoms with E-state index < -0.39 is 0 Å². The molecular formula is C17H38N2O2S. The Kier molecular flexibility index (Phi) is 24.2. The van der Waals surface area contributed by atoms with Crippen LogP contribution in [-0.2, 0) is 4.79 Å². The Morgan fingerprint density at radius 1 is 1.05 bits per heavy atom. The maximum atomic E-state index is 10.6. The normalized spacial score (nSPS) is 19.9. The molecule has 134 valence electrons. The fourth-order valence-corrected chi connectivity index (χ4v) is 2.92. The van der Waals surface area contributed by atoms with Gasteiger partial charge in [-0.25, -0.2) is 4.79 Å². The molecule has 2 aliphatic rings. The van der Waals surface area contributed by atoms with Crippen molar-refractivity contribution in [2.45, 2.75) is 86.7 Å². The summed E-state index contributed by atoms with van der Waals surface area (Å²) in [6.45, 7) is 15.7. The van der Waals surface area contributed by atoms with Gasteiger partial charge in [0.1, 0.15) is 5.78 Å². The minimum absolute atomic E-state index is 0.00491. The second-order valence-corrected chi connectivity index (χ2v) is 5.25. The van der Waals surface area contributed by atoms with E-state index in [4.69, 9.17) is 0 Å². The molecule has 5 heteroatoms. The molecule has 2 aliphatic heterocycles. The average molecular weight is 335 g/mol. The SMILES string of the molecule is CC.CC.CC.CCCCC(C)=O.O=C1NC2CSCC2N1. The van der Waals surface area contributed by atoms with Gasteiger partial charge in [-0.05, 0) is 13.3 Å². The summed E-state index contributed by atoms with van der Waals surface area (Å²) < 4.78 is 0. The van der Waals surface area contributed by atoms with Crippen LogP contribution in [0.5, 0.6) is 0 Å². The van der Waals surface area contributed by atoms with E-state index in [9.17, 15) is 9.59 Å². The van der Waals surface area contributed by atoms with Gasteiger partial charge in [0.25, 0.3) is 0 Å². The zero-order valence-corrected chi connectivity index (χ0v) is 16.7. The summed E-state index contributed by atoms with van der Waals surface area (Å²) in [6.07, 6.45) is 2.94. The average Bonchev–Trinajstić information content (AvgIpc) is 3.12. The third-order valence-corrected chi connectivity index (χ3v) is 3.79. The minimum atomic E-state index is 0.00491. The topological polar surface area (TPSA) is 58.2 Å². The number of Topliss-reactive ketones (excluding diaryl/α,β-unsaturated/α-hetero) is 1. The first-order valence-electron chi connectivity index (χ1n) is 8.77. The van der Waals surface area contributed by atoms with E-state index in [-0.39, 0.29) is 6.03 Å². The van der Waals surface area contributed by atoms with Crippen molar-refractivity contribution in [1.82, 2.24) is 10.6 Å². The summed E-state index contributed by atoms with van der Waals surface area (Å²) in [6, 6.07) is 0.815. The van der Waals surface area contributed by atoms with E-state index in [1.807, 2.05) is 53.3 Å². The summed E-state index contributed by atoms with van der Waals surface area (Å²) in [5.74, 6) is 2.45. The van der Waals surface area contributed by atoms with E-state index in [2.05, 4.69) is 17.6 Å². The van der Waals surface area contributed by atoms with Crippen molar-refractivity contribution >= 4 is 23.6 Å². The van der Waals surface area contributed by atoms with Crippen LogP contribution in [-0.4, -0.2) is 35.4 Å². The highest BCUT2D eigenvalue weighted by Gasteiger charge is 2.35. The van der Waals surface area contributed by atoms with Crippen LogP contribution >= 0.6 is 11.8 Å². The predicted octanol–water partition coefficient (Wildman–Crippen LogP) is 4.63. The molecule has 2 fully saturated rings. The van der Waals surface area contributed by atoms with Crippen LogP contribution in [0.2, 0.25) is 0 Å². The van der Waals surface area contributed by atoms with Gasteiger partial charge in [0, 0.05) is 17.9 Å². The smallest absolute Gasteiger partial charge is 0.315 e. The number of urea groups is 1. The van der Waals surface area contributed by atoms with Gasteiger partial charge in [0.15, 0.2) is 0 Å². The molecule has 0 aromatic heterocycles. The largest absolute Gasteiger partial charge is 0.332 e. The Labute approximate surface area is 142 Å². The number of hydrogen-bond acceptors (Lipinski definition) is 3. The summed E-state index contributed by atoms with van der Waals surface area (Å²) in [4.78, 5) is 20.8. The Balaban J connectivity index is -0.000000251. The monoisotopic (exact) mass is 334 g/mol. The van der Waals surface area contributed by atoms with Crippen molar-refractivity contribution in [1.29, 1.82) is 0 Å². The first-order valence-corrected chi connectivity index (χ1v) is 9.93. The molecule has 2 saturated heterocycles. The van der Waals surface area contributed by atoms with Crippen LogP contribution in [0.15, 0.2) is 0 Å². The second kappa shape index (κ2) is 20.3. The molecule has 0 aromatic carbocycles. The fourth-order valence-electron chi connectivity index (χ4n) is 1.64. The van der Waals surface area contributed by atoms with E-state index in [0.29, 0.717) is 17.9 Å². The second-order valence-electron chi connectivity index (χ2n) is 4.17. The van der Waals surface area contributed by atoms with Crippen LogP contribution in [0.1, 0.15) is 74.7 Å². The summed E-state index contributed by atoms with van der Waals surface area (Å²) in [5.41, 5.74) is 0. The van der Waals surface area contributed by atoms with Crippen molar-refractivity contribution in [3.8, 4) is 0 Å². The molecule has 2 rings (SSSR count). The number of hydrogen-bond donors (Lipinski definition) is 2. The number of unbranched alkanes of at least 4 members (excludes halogenated alkanes) is 1. The lowest BCUT2D eigenvalue weighted by atomic mass is 10.2. The Bertz CT molecular complexity index is 247. The zero-order chi connectivity index (χ0) is 18.0. The molecule has 0 saturated carbocycles. The third-order valence-electron chi connectivity index (χ3n) is 2.60. The Hall–Kier alpha value is -0.710. The van der Waals surface area contributed by atoms with Crippen LogP contribution < -0.4 is 10.6 Å². The van der Waals surface area contributed by atoms with Crippen LogP contribution in [0.25, 0.3) is 0 Å². The number of thioether (sulfide) groups is 1. The van der Waals surface area contributed by atoms with Gasteiger partial charge < -0.3 is 15.4 Å². The maximum Gasteiger partial charge on any atom is 0.315 e. The quantitative estimate of drug-likeness (QED) is 0.740. The van der Waals surface area contributed by atoms with Crippen LogP contribution in [0.4, 0.5) is 4.79 Å². The van der Waals surface area contributed by atoms with Gasteiger partial charge >= 0.3 is 6.03 Å². The molecule has 4 nitrogen and oxygen atoms in total. The Morgan fingerprint density at radius 2 is 1.45 bits per heavy atom. The van der Waals surface area contributed by atoms with Crippen molar-refractivity contribution in [3.63, 3.8) is 0 Å². The fraction of sp³-hybridized carbons (Fsp3) is 0.882. The van der Waals surface area contributed by atoms with Gasteiger partial charge in [-0.3, -0.25) is 0 Å². The first-order chi connectivity index (χ1) is 10.6. The van der Waals surface area contributed by atoms with Crippen molar-refractivity contribution in [2.75, 3.05) is 11.5 Å². The van der Waals surface area contributed by atoms with Crippen LogP contribution in [0, 0.1) is 0 Å². The number of rotatable bonds is 3. The molecule has 2 unspecified atom stereocenters. The van der Waals surface area contributed by atoms with Crippen LogP contribution in [0.3, 0.4) is 0 Å². The predicted molar refractivity (Wildman–Crippen MR) is 101 cm³/mol. The van der Waals surface area contributed by atoms with Crippen molar-refractivity contribution in [3.05, 3.63) is 0 Å².